The van der Waals surface area contributed by atoms with E-state index in [0.29, 0.717) is 30.5 Å². The lowest BCUT2D eigenvalue weighted by Gasteiger charge is -2.17. The third-order valence-electron chi connectivity index (χ3n) is 2.53. The van der Waals surface area contributed by atoms with Crippen molar-refractivity contribution in [3.63, 3.8) is 0 Å². The van der Waals surface area contributed by atoms with E-state index in [1.807, 2.05) is 13.8 Å². The number of nitrogens with one attached hydrogen (secondary N) is 1. The Hall–Kier alpha value is -0.810. The van der Waals surface area contributed by atoms with Gasteiger partial charge in [0.05, 0.1) is 6.61 Å². The fourth-order valence-electron chi connectivity index (χ4n) is 1.47. The Kier molecular flexibility index (Phi) is 7.82. The number of hydrogen-bond donors (Lipinski definition) is 2. The number of halogens is 1. The van der Waals surface area contributed by atoms with Gasteiger partial charge in [-0.1, -0.05) is 11.6 Å². The van der Waals surface area contributed by atoms with Crippen LogP contribution in [0.5, 0.6) is 5.75 Å². The molecule has 0 fully saturated rings. The summed E-state index contributed by atoms with van der Waals surface area (Å²) in [6.07, 6.45) is -0.556. The van der Waals surface area contributed by atoms with Crippen molar-refractivity contribution in [1.29, 1.82) is 0 Å². The summed E-state index contributed by atoms with van der Waals surface area (Å²) in [5.74, 6) is 0.700. The highest BCUT2D eigenvalue weighted by molar-refractivity contribution is 6.30. The molecule has 0 saturated carbocycles. The highest BCUT2D eigenvalue weighted by atomic mass is 35.5. The molecule has 5 heteroatoms. The van der Waals surface area contributed by atoms with E-state index in [0.717, 1.165) is 0 Å². The second kappa shape index (κ2) is 9.15. The van der Waals surface area contributed by atoms with Crippen molar-refractivity contribution in [2.45, 2.75) is 26.0 Å². The number of ether oxygens (including phenoxy) is 2. The van der Waals surface area contributed by atoms with Gasteiger partial charge in [-0.2, -0.15) is 0 Å². The molecule has 0 bridgehead atoms. The van der Waals surface area contributed by atoms with Crippen LogP contribution < -0.4 is 10.1 Å². The largest absolute Gasteiger partial charge is 0.491 e. The summed E-state index contributed by atoms with van der Waals surface area (Å²) in [6.45, 7) is 6.04. The summed E-state index contributed by atoms with van der Waals surface area (Å²) in [5, 5.41) is 13.6. The quantitative estimate of drug-likeness (QED) is 0.730. The molecule has 2 unspecified atom stereocenters. The Morgan fingerprint density at radius 2 is 1.95 bits per heavy atom. The third kappa shape index (κ3) is 7.38. The van der Waals surface area contributed by atoms with E-state index in [2.05, 4.69) is 5.32 Å². The lowest BCUT2D eigenvalue weighted by molar-refractivity contribution is 0.0907. The number of benzene rings is 1. The first-order valence-electron chi connectivity index (χ1n) is 6.49. The van der Waals surface area contributed by atoms with Crippen LogP contribution >= 0.6 is 11.6 Å². The Labute approximate surface area is 119 Å². The van der Waals surface area contributed by atoms with Crippen LogP contribution in [0.1, 0.15) is 13.8 Å². The van der Waals surface area contributed by atoms with Gasteiger partial charge >= 0.3 is 0 Å². The minimum atomic E-state index is -0.556. The average Bonchev–Trinajstić information content (AvgIpc) is 2.42. The molecule has 0 heterocycles. The molecular weight excluding hydrogens is 266 g/mol. The number of rotatable bonds is 9. The second-order valence-electron chi connectivity index (χ2n) is 4.39. The molecule has 19 heavy (non-hydrogen) atoms. The Morgan fingerprint density at radius 1 is 1.26 bits per heavy atom. The fourth-order valence-corrected chi connectivity index (χ4v) is 1.60. The molecule has 0 aromatic heterocycles. The number of aliphatic hydroxyl groups is 1. The van der Waals surface area contributed by atoms with E-state index >= 15 is 0 Å². The minimum absolute atomic E-state index is 0.213. The van der Waals surface area contributed by atoms with Crippen LogP contribution in [0, 0.1) is 0 Å². The van der Waals surface area contributed by atoms with Gasteiger partial charge in [-0.25, -0.2) is 0 Å². The smallest absolute Gasteiger partial charge is 0.119 e. The maximum atomic E-state index is 9.79. The standard InChI is InChI=1S/C14H22ClNO3/c1-3-18-9-11(2)16-8-13(17)10-19-14-6-4-12(15)5-7-14/h4-7,11,13,16-17H,3,8-10H2,1-2H3. The van der Waals surface area contributed by atoms with Crippen molar-refractivity contribution in [3.05, 3.63) is 29.3 Å². The van der Waals surface area contributed by atoms with E-state index in [4.69, 9.17) is 21.1 Å². The van der Waals surface area contributed by atoms with Gasteiger partial charge in [0.2, 0.25) is 0 Å². The maximum Gasteiger partial charge on any atom is 0.119 e. The Bertz CT molecular complexity index is 345. The highest BCUT2D eigenvalue weighted by Crippen LogP contribution is 2.15. The van der Waals surface area contributed by atoms with Gasteiger partial charge in [-0.05, 0) is 38.1 Å². The average molecular weight is 288 g/mol. The summed E-state index contributed by atoms with van der Waals surface area (Å²) in [7, 11) is 0. The van der Waals surface area contributed by atoms with Crippen molar-refractivity contribution in [3.8, 4) is 5.75 Å². The lowest BCUT2D eigenvalue weighted by atomic mass is 10.3. The summed E-state index contributed by atoms with van der Waals surface area (Å²) in [6, 6.07) is 7.28. The normalized spacial score (nSPS) is 14.1. The zero-order chi connectivity index (χ0) is 14.1. The monoisotopic (exact) mass is 287 g/mol. The van der Waals surface area contributed by atoms with Crippen molar-refractivity contribution in [2.75, 3.05) is 26.4 Å². The van der Waals surface area contributed by atoms with Crippen LogP contribution in [-0.4, -0.2) is 43.6 Å². The van der Waals surface area contributed by atoms with E-state index in [-0.39, 0.29) is 12.6 Å². The molecule has 1 aromatic carbocycles. The predicted octanol–water partition coefficient (Wildman–Crippen LogP) is 2.09. The molecule has 0 saturated heterocycles. The summed E-state index contributed by atoms with van der Waals surface area (Å²) < 4.78 is 10.7. The molecule has 0 radical (unpaired) electrons. The maximum absolute atomic E-state index is 9.79. The molecule has 0 aliphatic rings. The van der Waals surface area contributed by atoms with Crippen LogP contribution in [-0.2, 0) is 4.74 Å². The molecule has 1 rings (SSSR count). The van der Waals surface area contributed by atoms with Gasteiger partial charge in [0.1, 0.15) is 18.5 Å². The molecule has 4 nitrogen and oxygen atoms in total. The van der Waals surface area contributed by atoms with Gasteiger partial charge < -0.3 is 19.9 Å². The third-order valence-corrected chi connectivity index (χ3v) is 2.78. The van der Waals surface area contributed by atoms with Gasteiger partial charge in [0.15, 0.2) is 0 Å². The topological polar surface area (TPSA) is 50.7 Å². The van der Waals surface area contributed by atoms with Gasteiger partial charge in [-0.15, -0.1) is 0 Å². The zero-order valence-electron chi connectivity index (χ0n) is 11.4. The SMILES string of the molecule is CCOCC(C)NCC(O)COc1ccc(Cl)cc1. The highest BCUT2D eigenvalue weighted by Gasteiger charge is 2.08. The lowest BCUT2D eigenvalue weighted by Crippen LogP contribution is -2.38. The van der Waals surface area contributed by atoms with E-state index in [1.165, 1.54) is 0 Å². The zero-order valence-corrected chi connectivity index (χ0v) is 12.2. The molecule has 0 spiro atoms. The van der Waals surface area contributed by atoms with Gasteiger partial charge in [0.25, 0.3) is 0 Å². The summed E-state index contributed by atoms with van der Waals surface area (Å²) >= 11 is 5.77. The fraction of sp³-hybridized carbons (Fsp3) is 0.571. The van der Waals surface area contributed by atoms with Crippen LogP contribution in [0.15, 0.2) is 24.3 Å². The van der Waals surface area contributed by atoms with E-state index in [9.17, 15) is 5.11 Å². The van der Waals surface area contributed by atoms with Crippen LogP contribution in [0.25, 0.3) is 0 Å². The molecule has 0 amide bonds. The van der Waals surface area contributed by atoms with Crippen molar-refractivity contribution in [1.82, 2.24) is 5.32 Å². The van der Waals surface area contributed by atoms with Crippen LogP contribution in [0.3, 0.4) is 0 Å². The van der Waals surface area contributed by atoms with Crippen LogP contribution in [0.4, 0.5) is 0 Å². The Morgan fingerprint density at radius 3 is 2.58 bits per heavy atom. The molecule has 0 aliphatic heterocycles. The first-order chi connectivity index (χ1) is 9.11. The Balaban J connectivity index is 2.17. The summed E-state index contributed by atoms with van der Waals surface area (Å²) in [4.78, 5) is 0. The number of hydrogen-bond acceptors (Lipinski definition) is 4. The molecule has 108 valence electrons. The minimum Gasteiger partial charge on any atom is -0.491 e. The second-order valence-corrected chi connectivity index (χ2v) is 4.82. The number of aliphatic hydroxyl groups excluding tert-OH is 1. The van der Waals surface area contributed by atoms with Crippen molar-refractivity contribution >= 4 is 11.6 Å². The van der Waals surface area contributed by atoms with Crippen LogP contribution in [0.2, 0.25) is 5.02 Å². The first-order valence-corrected chi connectivity index (χ1v) is 6.87. The molecule has 0 aliphatic carbocycles. The first kappa shape index (κ1) is 16.2. The molecular formula is C14H22ClNO3. The van der Waals surface area contributed by atoms with Gasteiger partial charge in [0, 0.05) is 24.2 Å². The molecule has 2 atom stereocenters. The van der Waals surface area contributed by atoms with Crippen molar-refractivity contribution < 1.29 is 14.6 Å². The van der Waals surface area contributed by atoms with Crippen molar-refractivity contribution in [2.24, 2.45) is 0 Å². The predicted molar refractivity (Wildman–Crippen MR) is 76.9 cm³/mol. The molecule has 1 aromatic rings. The summed E-state index contributed by atoms with van der Waals surface area (Å²) in [5.41, 5.74) is 0. The van der Waals surface area contributed by atoms with Gasteiger partial charge in [-0.3, -0.25) is 0 Å². The van der Waals surface area contributed by atoms with E-state index < -0.39 is 6.10 Å². The van der Waals surface area contributed by atoms with E-state index in [1.54, 1.807) is 24.3 Å². The molecule has 2 N–H and O–H groups in total.